The Morgan fingerprint density at radius 1 is 1.10 bits per heavy atom. The molecule has 29 heavy (non-hydrogen) atoms. The van der Waals surface area contributed by atoms with Crippen LogP contribution in [0.15, 0.2) is 65.0 Å². The zero-order valence-electron chi connectivity index (χ0n) is 16.2. The Morgan fingerprint density at radius 3 is 2.66 bits per heavy atom. The van der Waals surface area contributed by atoms with Gasteiger partial charge in [-0.15, -0.1) is 11.3 Å². The maximum atomic E-state index is 13.1. The van der Waals surface area contributed by atoms with E-state index in [9.17, 15) is 9.59 Å². The fourth-order valence-electron chi connectivity index (χ4n) is 3.12. The van der Waals surface area contributed by atoms with Crippen molar-refractivity contribution in [1.29, 1.82) is 0 Å². The summed E-state index contributed by atoms with van der Waals surface area (Å²) < 4.78 is 6.61. The molecule has 0 fully saturated rings. The summed E-state index contributed by atoms with van der Waals surface area (Å²) in [5.74, 6) is -0.472. The summed E-state index contributed by atoms with van der Waals surface area (Å²) in [6.07, 6.45) is 1.41. The quantitative estimate of drug-likeness (QED) is 0.460. The van der Waals surface area contributed by atoms with E-state index in [1.807, 2.05) is 54.8 Å². The second kappa shape index (κ2) is 8.01. The fraction of sp³-hybridized carbons (Fsp3) is 0.174. The second-order valence-corrected chi connectivity index (χ2v) is 7.81. The molecule has 0 N–H and O–H groups in total. The van der Waals surface area contributed by atoms with E-state index in [-0.39, 0.29) is 18.7 Å². The maximum absolute atomic E-state index is 13.1. The van der Waals surface area contributed by atoms with Crippen molar-refractivity contribution >= 4 is 27.5 Å². The van der Waals surface area contributed by atoms with Gasteiger partial charge in [-0.25, -0.2) is 4.98 Å². The molecule has 0 radical (unpaired) electrons. The van der Waals surface area contributed by atoms with E-state index in [2.05, 4.69) is 18.0 Å². The summed E-state index contributed by atoms with van der Waals surface area (Å²) in [5, 5.41) is 2.48. The van der Waals surface area contributed by atoms with E-state index in [1.54, 1.807) is 0 Å². The highest BCUT2D eigenvalue weighted by Crippen LogP contribution is 2.31. The number of carbonyl (C=O) groups is 1. The molecule has 0 spiro atoms. The number of hydrogen-bond donors (Lipinski definition) is 0. The van der Waals surface area contributed by atoms with Crippen molar-refractivity contribution in [2.75, 3.05) is 0 Å². The highest BCUT2D eigenvalue weighted by molar-refractivity contribution is 7.17. The molecule has 146 valence electrons. The Hall–Kier alpha value is -3.25. The molecule has 0 saturated heterocycles. The van der Waals surface area contributed by atoms with E-state index in [1.165, 1.54) is 27.8 Å². The van der Waals surface area contributed by atoms with Crippen LogP contribution < -0.4 is 5.56 Å². The largest absolute Gasteiger partial charge is 0.459 e. The van der Waals surface area contributed by atoms with Gasteiger partial charge in [0.2, 0.25) is 0 Å². The van der Waals surface area contributed by atoms with Gasteiger partial charge in [-0.05, 0) is 36.1 Å². The molecule has 0 unspecified atom stereocenters. The summed E-state index contributed by atoms with van der Waals surface area (Å²) in [7, 11) is 0. The van der Waals surface area contributed by atoms with Crippen molar-refractivity contribution in [2.45, 2.75) is 27.0 Å². The molecule has 0 atom stereocenters. The van der Waals surface area contributed by atoms with Crippen molar-refractivity contribution in [3.8, 4) is 11.1 Å². The van der Waals surface area contributed by atoms with E-state index < -0.39 is 5.97 Å². The molecule has 0 bridgehead atoms. The average Bonchev–Trinajstić information content (AvgIpc) is 3.16. The SMILES string of the molecule is Cc1ccc(-c2csc3ncn(CC(=O)OCc4ccccc4)c(=O)c23)cc1C. The van der Waals surface area contributed by atoms with Crippen LogP contribution in [0.3, 0.4) is 0 Å². The van der Waals surface area contributed by atoms with Gasteiger partial charge in [-0.3, -0.25) is 14.2 Å². The monoisotopic (exact) mass is 404 g/mol. The lowest BCUT2D eigenvalue weighted by Gasteiger charge is -2.08. The van der Waals surface area contributed by atoms with E-state index in [0.717, 1.165) is 22.3 Å². The van der Waals surface area contributed by atoms with Gasteiger partial charge in [-0.1, -0.05) is 48.5 Å². The molecule has 5 nitrogen and oxygen atoms in total. The topological polar surface area (TPSA) is 61.2 Å². The Labute approximate surface area is 172 Å². The number of esters is 1. The normalized spacial score (nSPS) is 11.0. The van der Waals surface area contributed by atoms with E-state index >= 15 is 0 Å². The minimum absolute atomic E-state index is 0.170. The summed E-state index contributed by atoms with van der Waals surface area (Å²) in [5.41, 5.74) is 4.85. The van der Waals surface area contributed by atoms with Crippen LogP contribution in [0.1, 0.15) is 16.7 Å². The maximum Gasteiger partial charge on any atom is 0.326 e. The third-order valence-electron chi connectivity index (χ3n) is 4.92. The van der Waals surface area contributed by atoms with Gasteiger partial charge >= 0.3 is 5.97 Å². The number of benzene rings is 2. The van der Waals surface area contributed by atoms with Crippen LogP contribution in [0.2, 0.25) is 0 Å². The molecular formula is C23H20N2O3S. The molecular weight excluding hydrogens is 384 g/mol. The Balaban J connectivity index is 1.61. The smallest absolute Gasteiger partial charge is 0.326 e. The third kappa shape index (κ3) is 3.98. The number of fused-ring (bicyclic) bond motifs is 1. The zero-order chi connectivity index (χ0) is 20.4. The van der Waals surface area contributed by atoms with Crippen LogP contribution in [0.25, 0.3) is 21.3 Å². The first-order valence-electron chi connectivity index (χ1n) is 9.27. The van der Waals surface area contributed by atoms with Gasteiger partial charge in [0.05, 0.1) is 11.7 Å². The molecule has 0 aliphatic heterocycles. The Kier molecular flexibility index (Phi) is 5.27. The number of aromatic nitrogens is 2. The van der Waals surface area contributed by atoms with Crippen LogP contribution in [0.4, 0.5) is 0 Å². The minimum atomic E-state index is -0.472. The first kappa shape index (κ1) is 19.1. The van der Waals surface area contributed by atoms with Crippen LogP contribution in [-0.2, 0) is 22.7 Å². The Morgan fingerprint density at radius 2 is 1.90 bits per heavy atom. The molecule has 0 aliphatic rings. The number of ether oxygens (including phenoxy) is 1. The summed E-state index contributed by atoms with van der Waals surface area (Å²) >= 11 is 1.43. The number of rotatable bonds is 5. The van der Waals surface area contributed by atoms with Crippen molar-refractivity contribution in [3.05, 3.63) is 87.3 Å². The van der Waals surface area contributed by atoms with Crippen LogP contribution in [-0.4, -0.2) is 15.5 Å². The van der Waals surface area contributed by atoms with Gasteiger partial charge in [0, 0.05) is 10.9 Å². The first-order valence-corrected chi connectivity index (χ1v) is 10.1. The van der Waals surface area contributed by atoms with Crippen molar-refractivity contribution in [3.63, 3.8) is 0 Å². The predicted octanol–water partition coefficient (Wildman–Crippen LogP) is 4.49. The lowest BCUT2D eigenvalue weighted by Crippen LogP contribution is -2.25. The first-order chi connectivity index (χ1) is 14.0. The molecule has 4 rings (SSSR count). The summed E-state index contributed by atoms with van der Waals surface area (Å²) in [6.45, 7) is 4.11. The fourth-order valence-corrected chi connectivity index (χ4v) is 4.03. The number of hydrogen-bond acceptors (Lipinski definition) is 5. The molecule has 6 heteroatoms. The number of nitrogens with zero attached hydrogens (tertiary/aromatic N) is 2. The van der Waals surface area contributed by atoms with Gasteiger partial charge in [-0.2, -0.15) is 0 Å². The van der Waals surface area contributed by atoms with Gasteiger partial charge < -0.3 is 4.74 Å². The van der Waals surface area contributed by atoms with Crippen molar-refractivity contribution in [1.82, 2.24) is 9.55 Å². The highest BCUT2D eigenvalue weighted by Gasteiger charge is 2.15. The lowest BCUT2D eigenvalue weighted by molar-refractivity contribution is -0.145. The van der Waals surface area contributed by atoms with E-state index in [4.69, 9.17) is 4.74 Å². The Bertz CT molecular complexity index is 1240. The number of thiophene rings is 1. The van der Waals surface area contributed by atoms with Crippen molar-refractivity contribution < 1.29 is 9.53 Å². The molecule has 2 heterocycles. The molecule has 0 aliphatic carbocycles. The van der Waals surface area contributed by atoms with Gasteiger partial charge in [0.1, 0.15) is 18.0 Å². The van der Waals surface area contributed by atoms with Crippen LogP contribution in [0, 0.1) is 13.8 Å². The molecule has 4 aromatic rings. The molecule has 0 amide bonds. The predicted molar refractivity (Wildman–Crippen MR) is 115 cm³/mol. The molecule has 2 aromatic carbocycles. The minimum Gasteiger partial charge on any atom is -0.459 e. The molecule has 2 aromatic heterocycles. The lowest BCUT2D eigenvalue weighted by atomic mass is 10.0. The van der Waals surface area contributed by atoms with Gasteiger partial charge in [0.25, 0.3) is 5.56 Å². The zero-order valence-corrected chi connectivity index (χ0v) is 17.0. The van der Waals surface area contributed by atoms with E-state index in [0.29, 0.717) is 10.2 Å². The highest BCUT2D eigenvalue weighted by atomic mass is 32.1. The summed E-state index contributed by atoms with van der Waals surface area (Å²) in [6, 6.07) is 15.6. The number of carbonyl (C=O) groups excluding carboxylic acids is 1. The summed E-state index contributed by atoms with van der Waals surface area (Å²) in [4.78, 5) is 30.3. The van der Waals surface area contributed by atoms with Crippen LogP contribution >= 0.6 is 11.3 Å². The van der Waals surface area contributed by atoms with Crippen LogP contribution in [0.5, 0.6) is 0 Å². The third-order valence-corrected chi connectivity index (χ3v) is 5.81. The second-order valence-electron chi connectivity index (χ2n) is 6.95. The van der Waals surface area contributed by atoms with Gasteiger partial charge in [0.15, 0.2) is 0 Å². The average molecular weight is 404 g/mol. The standard InChI is InChI=1S/C23H20N2O3S/c1-15-8-9-18(10-16(15)2)19-13-29-22-21(19)23(27)25(14-24-22)11-20(26)28-12-17-6-4-3-5-7-17/h3-10,13-14H,11-12H2,1-2H3. The number of aryl methyl sites for hydroxylation is 2. The van der Waals surface area contributed by atoms with Crippen molar-refractivity contribution in [2.24, 2.45) is 0 Å². The molecule has 0 saturated carbocycles.